The summed E-state index contributed by atoms with van der Waals surface area (Å²) in [6, 6.07) is 8.99. The van der Waals surface area contributed by atoms with Crippen LogP contribution in [0.4, 0.5) is 0 Å². The number of aliphatic imine (C=N–C) groups is 1. The molecule has 2 aliphatic rings. The Kier molecular flexibility index (Phi) is 8.68. The maximum Gasteiger partial charge on any atom is 0.222 e. The zero-order valence-electron chi connectivity index (χ0n) is 15.7. The summed E-state index contributed by atoms with van der Waals surface area (Å²) in [4.78, 5) is 18.7. The summed E-state index contributed by atoms with van der Waals surface area (Å²) in [5.74, 6) is 1.13. The first-order chi connectivity index (χ1) is 12.3. The summed E-state index contributed by atoms with van der Waals surface area (Å²) in [6.07, 6.45) is 7.48. The molecule has 2 N–H and O–H groups in total. The number of fused-ring (bicyclic) bond motifs is 1. The van der Waals surface area contributed by atoms with Gasteiger partial charge in [-0.05, 0) is 36.8 Å². The van der Waals surface area contributed by atoms with Crippen molar-refractivity contribution in [3.63, 3.8) is 0 Å². The van der Waals surface area contributed by atoms with E-state index in [4.69, 9.17) is 0 Å². The van der Waals surface area contributed by atoms with E-state index in [0.717, 1.165) is 38.4 Å². The van der Waals surface area contributed by atoms with Crippen molar-refractivity contribution < 1.29 is 4.79 Å². The lowest BCUT2D eigenvalue weighted by molar-refractivity contribution is -0.132. The highest BCUT2D eigenvalue weighted by molar-refractivity contribution is 14.0. The molecule has 0 radical (unpaired) electrons. The predicted molar refractivity (Wildman–Crippen MR) is 117 cm³/mol. The minimum absolute atomic E-state index is 0. The Bertz CT molecular complexity index is 614. The molecule has 1 heterocycles. The van der Waals surface area contributed by atoms with Crippen LogP contribution >= 0.6 is 24.0 Å². The van der Waals surface area contributed by atoms with Crippen LogP contribution in [0.2, 0.25) is 0 Å². The van der Waals surface area contributed by atoms with Crippen LogP contribution in [-0.2, 0) is 17.8 Å². The second-order valence-corrected chi connectivity index (χ2v) is 7.06. The van der Waals surface area contributed by atoms with Gasteiger partial charge in [-0.3, -0.25) is 9.79 Å². The van der Waals surface area contributed by atoms with Gasteiger partial charge in [0.05, 0.1) is 0 Å². The van der Waals surface area contributed by atoms with Gasteiger partial charge in [-0.2, -0.15) is 0 Å². The summed E-state index contributed by atoms with van der Waals surface area (Å²) >= 11 is 0. The van der Waals surface area contributed by atoms with E-state index in [2.05, 4.69) is 39.9 Å². The fourth-order valence-corrected chi connectivity index (χ4v) is 3.77. The zero-order chi connectivity index (χ0) is 17.5. The van der Waals surface area contributed by atoms with Crippen molar-refractivity contribution in [3.05, 3.63) is 35.4 Å². The van der Waals surface area contributed by atoms with Gasteiger partial charge in [0.1, 0.15) is 0 Å². The van der Waals surface area contributed by atoms with Gasteiger partial charge in [0.2, 0.25) is 5.91 Å². The summed E-state index contributed by atoms with van der Waals surface area (Å²) in [6.45, 7) is 2.38. The zero-order valence-corrected chi connectivity index (χ0v) is 18.0. The molecule has 0 spiro atoms. The first-order valence-corrected chi connectivity index (χ1v) is 9.58. The number of guanidine groups is 1. The summed E-state index contributed by atoms with van der Waals surface area (Å²) < 4.78 is 0. The normalized spacial score (nSPS) is 17.4. The topological polar surface area (TPSA) is 56.7 Å². The highest BCUT2D eigenvalue weighted by Gasteiger charge is 2.20. The molecule has 0 atom stereocenters. The van der Waals surface area contributed by atoms with Gasteiger partial charge in [-0.25, -0.2) is 0 Å². The van der Waals surface area contributed by atoms with Gasteiger partial charge in [0.25, 0.3) is 0 Å². The number of carbonyl (C=O) groups excluding carboxylic acids is 1. The number of rotatable bonds is 5. The van der Waals surface area contributed by atoms with Crippen LogP contribution in [0.15, 0.2) is 29.3 Å². The lowest BCUT2D eigenvalue weighted by Crippen LogP contribution is -2.43. The number of carbonyl (C=O) groups is 1. The van der Waals surface area contributed by atoms with Gasteiger partial charge < -0.3 is 15.5 Å². The third kappa shape index (κ3) is 5.86. The van der Waals surface area contributed by atoms with Gasteiger partial charge >= 0.3 is 0 Å². The molecule has 1 fully saturated rings. The summed E-state index contributed by atoms with van der Waals surface area (Å²) in [7, 11) is 1.81. The molecule has 3 rings (SSSR count). The molecule has 1 aromatic rings. The number of benzene rings is 1. The second kappa shape index (κ2) is 10.7. The molecule has 0 unspecified atom stereocenters. The van der Waals surface area contributed by atoms with Gasteiger partial charge in [0, 0.05) is 39.1 Å². The number of hydrogen-bond donors (Lipinski definition) is 2. The highest BCUT2D eigenvalue weighted by Crippen LogP contribution is 2.19. The quantitative estimate of drug-likeness (QED) is 0.301. The van der Waals surface area contributed by atoms with Crippen LogP contribution in [0.5, 0.6) is 0 Å². The van der Waals surface area contributed by atoms with Crippen molar-refractivity contribution in [2.24, 2.45) is 4.99 Å². The number of hydrogen-bond acceptors (Lipinski definition) is 2. The third-order valence-electron chi connectivity index (χ3n) is 5.26. The maximum atomic E-state index is 12.5. The molecule has 0 aromatic heterocycles. The maximum absolute atomic E-state index is 12.5. The van der Waals surface area contributed by atoms with E-state index >= 15 is 0 Å². The van der Waals surface area contributed by atoms with Crippen molar-refractivity contribution in [2.45, 2.75) is 57.5 Å². The number of halogens is 1. The molecule has 5 nitrogen and oxygen atoms in total. The molecule has 0 bridgehead atoms. The predicted octanol–water partition coefficient (Wildman–Crippen LogP) is 3.08. The largest absolute Gasteiger partial charge is 0.356 e. The van der Waals surface area contributed by atoms with Crippen LogP contribution < -0.4 is 10.6 Å². The molecule has 26 heavy (non-hydrogen) atoms. The lowest BCUT2D eigenvalue weighted by atomic mass is 9.99. The van der Waals surface area contributed by atoms with Crippen LogP contribution in [0.25, 0.3) is 0 Å². The van der Waals surface area contributed by atoms with E-state index < -0.39 is 0 Å². The lowest BCUT2D eigenvalue weighted by Gasteiger charge is -2.29. The Morgan fingerprint density at radius 1 is 1.23 bits per heavy atom. The van der Waals surface area contributed by atoms with Crippen LogP contribution in [-0.4, -0.2) is 42.9 Å². The molecule has 144 valence electrons. The molecule has 6 heteroatoms. The van der Waals surface area contributed by atoms with E-state index in [0.29, 0.717) is 12.5 Å². The van der Waals surface area contributed by atoms with Crippen molar-refractivity contribution in [2.75, 3.05) is 20.1 Å². The number of nitrogens with one attached hydrogen (secondary N) is 2. The van der Waals surface area contributed by atoms with E-state index in [1.807, 2.05) is 4.90 Å². The van der Waals surface area contributed by atoms with E-state index in [9.17, 15) is 4.79 Å². The van der Waals surface area contributed by atoms with Crippen molar-refractivity contribution >= 4 is 35.8 Å². The average molecular weight is 470 g/mol. The monoisotopic (exact) mass is 470 g/mol. The Morgan fingerprint density at radius 3 is 2.69 bits per heavy atom. The summed E-state index contributed by atoms with van der Waals surface area (Å²) in [5.41, 5.74) is 2.68. The van der Waals surface area contributed by atoms with Crippen molar-refractivity contribution in [1.29, 1.82) is 0 Å². The molecule has 1 aliphatic carbocycles. The van der Waals surface area contributed by atoms with Crippen molar-refractivity contribution in [1.82, 2.24) is 15.5 Å². The Hall–Kier alpha value is -1.31. The van der Waals surface area contributed by atoms with Crippen LogP contribution in [0.1, 0.15) is 49.7 Å². The first-order valence-electron chi connectivity index (χ1n) is 9.58. The SMILES string of the molecule is CN=C(NCCCC(=O)N1CCc2ccccc2C1)NC1CCCC1.I. The minimum atomic E-state index is 0. The van der Waals surface area contributed by atoms with Crippen molar-refractivity contribution in [3.8, 4) is 0 Å². The summed E-state index contributed by atoms with van der Waals surface area (Å²) in [5, 5.41) is 6.81. The molecule has 1 aromatic carbocycles. The Balaban J connectivity index is 0.00000243. The molecule has 1 saturated carbocycles. The number of amides is 1. The molecular formula is C20H31IN4O. The molecular weight excluding hydrogens is 439 g/mol. The fourth-order valence-electron chi connectivity index (χ4n) is 3.77. The van der Waals surface area contributed by atoms with E-state index in [-0.39, 0.29) is 29.9 Å². The molecule has 1 aliphatic heterocycles. The number of nitrogens with zero attached hydrogens (tertiary/aromatic N) is 2. The van der Waals surface area contributed by atoms with Gasteiger partial charge in [-0.1, -0.05) is 37.1 Å². The standard InChI is InChI=1S/C20H30N4O.HI/c1-21-20(23-18-9-4-5-10-18)22-13-6-11-19(25)24-14-12-16-7-2-3-8-17(16)15-24;/h2-3,7-8,18H,4-6,9-15H2,1H3,(H2,21,22,23);1H. The Labute approximate surface area is 174 Å². The second-order valence-electron chi connectivity index (χ2n) is 7.06. The third-order valence-corrected chi connectivity index (χ3v) is 5.26. The van der Waals surface area contributed by atoms with E-state index in [1.54, 1.807) is 7.05 Å². The van der Waals surface area contributed by atoms with Crippen LogP contribution in [0.3, 0.4) is 0 Å². The Morgan fingerprint density at radius 2 is 1.96 bits per heavy atom. The molecule has 0 saturated heterocycles. The fraction of sp³-hybridized carbons (Fsp3) is 0.600. The highest BCUT2D eigenvalue weighted by atomic mass is 127. The minimum Gasteiger partial charge on any atom is -0.356 e. The molecule has 1 amide bonds. The smallest absolute Gasteiger partial charge is 0.222 e. The van der Waals surface area contributed by atoms with Crippen LogP contribution in [0, 0.1) is 0 Å². The van der Waals surface area contributed by atoms with E-state index in [1.165, 1.54) is 36.8 Å². The van der Waals surface area contributed by atoms with Gasteiger partial charge in [-0.15, -0.1) is 24.0 Å². The first kappa shape index (κ1) is 21.0. The van der Waals surface area contributed by atoms with Gasteiger partial charge in [0.15, 0.2) is 5.96 Å². The average Bonchev–Trinajstić information content (AvgIpc) is 3.16.